The third-order valence-corrected chi connectivity index (χ3v) is 4.67. The zero-order valence-corrected chi connectivity index (χ0v) is 13.1. The molecule has 2 saturated heterocycles. The molecular weight excluding hydrogens is 290 g/mol. The summed E-state index contributed by atoms with van der Waals surface area (Å²) in [4.78, 5) is 21.0. The van der Waals surface area contributed by atoms with E-state index in [-0.39, 0.29) is 12.0 Å². The number of anilines is 1. The first-order valence-corrected chi connectivity index (χ1v) is 8.18. The van der Waals surface area contributed by atoms with Gasteiger partial charge in [0.05, 0.1) is 6.61 Å². The molecule has 1 atom stereocenters. The van der Waals surface area contributed by atoms with Crippen LogP contribution in [0.2, 0.25) is 0 Å². The zero-order chi connectivity index (χ0) is 14.7. The molecule has 1 aromatic rings. The van der Waals surface area contributed by atoms with Crippen LogP contribution in [0.5, 0.6) is 0 Å². The number of hydrogen-bond acceptors (Lipinski definition) is 7. The molecule has 0 aromatic carbocycles. The molecule has 2 aliphatic heterocycles. The number of amides is 1. The van der Waals surface area contributed by atoms with E-state index in [1.165, 1.54) is 11.5 Å². The van der Waals surface area contributed by atoms with Gasteiger partial charge in [-0.2, -0.15) is 4.37 Å². The maximum atomic E-state index is 12.5. The van der Waals surface area contributed by atoms with Gasteiger partial charge in [0, 0.05) is 50.8 Å². The first kappa shape index (κ1) is 14.7. The number of nitrogens with zero attached hydrogens (tertiary/aromatic N) is 4. The third-order valence-electron chi connectivity index (χ3n) is 3.80. The average molecular weight is 311 g/mol. The number of morpholine rings is 1. The van der Waals surface area contributed by atoms with Gasteiger partial charge in [-0.1, -0.05) is 0 Å². The number of aryl methyl sites for hydroxylation is 1. The van der Waals surface area contributed by atoms with E-state index in [9.17, 15) is 4.79 Å². The summed E-state index contributed by atoms with van der Waals surface area (Å²) in [6.45, 7) is 7.19. The largest absolute Gasteiger partial charge is 0.366 e. The van der Waals surface area contributed by atoms with E-state index < -0.39 is 0 Å². The van der Waals surface area contributed by atoms with Gasteiger partial charge in [0.15, 0.2) is 0 Å². The number of carbonyl (C=O) groups excluding carboxylic acids is 1. The Morgan fingerprint density at radius 3 is 3.00 bits per heavy atom. The van der Waals surface area contributed by atoms with Crippen molar-refractivity contribution in [2.45, 2.75) is 19.4 Å². The van der Waals surface area contributed by atoms with Crippen LogP contribution in [-0.4, -0.2) is 72.1 Å². The Bertz CT molecular complexity index is 489. The molecule has 0 spiro atoms. The maximum absolute atomic E-state index is 12.5. The van der Waals surface area contributed by atoms with Crippen molar-refractivity contribution in [2.75, 3.05) is 50.8 Å². The Labute approximate surface area is 128 Å². The van der Waals surface area contributed by atoms with Crippen molar-refractivity contribution in [1.82, 2.24) is 19.6 Å². The van der Waals surface area contributed by atoms with Crippen LogP contribution in [0.3, 0.4) is 0 Å². The summed E-state index contributed by atoms with van der Waals surface area (Å²) < 4.78 is 9.79. The zero-order valence-electron chi connectivity index (χ0n) is 12.2. The lowest BCUT2D eigenvalue weighted by atomic mass is 10.2. The molecule has 21 heavy (non-hydrogen) atoms. The van der Waals surface area contributed by atoms with Gasteiger partial charge in [-0.25, -0.2) is 4.98 Å². The normalized spacial score (nSPS) is 24.0. The highest BCUT2D eigenvalue weighted by atomic mass is 32.1. The van der Waals surface area contributed by atoms with Crippen LogP contribution >= 0.6 is 11.5 Å². The highest BCUT2D eigenvalue weighted by Crippen LogP contribution is 2.19. The monoisotopic (exact) mass is 311 g/mol. The third kappa shape index (κ3) is 3.50. The number of aromatic nitrogens is 2. The molecule has 1 unspecified atom stereocenters. The standard InChI is InChI=1S/C13H21N5O2S/c1-10-15-13(21-16-10)18-5-2-4-17(6-7-18)12(19)11-9-14-3-8-20-11/h11,14H,2-9H2,1H3. The minimum atomic E-state index is -0.325. The van der Waals surface area contributed by atoms with Crippen LogP contribution in [-0.2, 0) is 9.53 Å². The van der Waals surface area contributed by atoms with Crippen molar-refractivity contribution in [1.29, 1.82) is 0 Å². The van der Waals surface area contributed by atoms with E-state index in [0.29, 0.717) is 13.2 Å². The van der Waals surface area contributed by atoms with Crippen molar-refractivity contribution in [3.05, 3.63) is 5.82 Å². The number of rotatable bonds is 2. The maximum Gasteiger partial charge on any atom is 0.253 e. The number of ether oxygens (including phenoxy) is 1. The van der Waals surface area contributed by atoms with Gasteiger partial charge in [-0.05, 0) is 13.3 Å². The smallest absolute Gasteiger partial charge is 0.253 e. The van der Waals surface area contributed by atoms with Crippen molar-refractivity contribution < 1.29 is 9.53 Å². The molecule has 1 amide bonds. The van der Waals surface area contributed by atoms with Crippen molar-refractivity contribution in [2.24, 2.45) is 0 Å². The molecule has 0 saturated carbocycles. The van der Waals surface area contributed by atoms with Crippen molar-refractivity contribution in [3.8, 4) is 0 Å². The fourth-order valence-electron chi connectivity index (χ4n) is 2.67. The fourth-order valence-corrected chi connectivity index (χ4v) is 3.40. The molecule has 8 heteroatoms. The summed E-state index contributed by atoms with van der Waals surface area (Å²) in [5.41, 5.74) is 0. The molecule has 1 aromatic heterocycles. The summed E-state index contributed by atoms with van der Waals surface area (Å²) in [5, 5.41) is 4.16. The molecule has 1 N–H and O–H groups in total. The predicted octanol–water partition coefficient (Wildman–Crippen LogP) is -0.126. The molecular formula is C13H21N5O2S. The van der Waals surface area contributed by atoms with Gasteiger partial charge in [0.2, 0.25) is 5.13 Å². The average Bonchev–Trinajstić information content (AvgIpc) is 2.81. The lowest BCUT2D eigenvalue weighted by Crippen LogP contribution is -2.50. The van der Waals surface area contributed by atoms with Gasteiger partial charge in [-0.3, -0.25) is 4.79 Å². The molecule has 2 aliphatic rings. The number of hydrogen-bond donors (Lipinski definition) is 1. The second-order valence-corrected chi connectivity index (χ2v) is 6.08. The summed E-state index contributed by atoms with van der Waals surface area (Å²) >= 11 is 1.43. The lowest BCUT2D eigenvalue weighted by Gasteiger charge is -2.29. The number of carbonyl (C=O) groups is 1. The van der Waals surface area contributed by atoms with E-state index in [1.807, 2.05) is 11.8 Å². The molecule has 7 nitrogen and oxygen atoms in total. The summed E-state index contributed by atoms with van der Waals surface area (Å²) in [6, 6.07) is 0. The highest BCUT2D eigenvalue weighted by molar-refractivity contribution is 7.09. The van der Waals surface area contributed by atoms with Crippen LogP contribution in [0.15, 0.2) is 0 Å². The predicted molar refractivity (Wildman–Crippen MR) is 80.7 cm³/mol. The first-order valence-electron chi connectivity index (χ1n) is 7.40. The van der Waals surface area contributed by atoms with Gasteiger partial charge in [-0.15, -0.1) is 0 Å². The van der Waals surface area contributed by atoms with E-state index in [2.05, 4.69) is 19.6 Å². The summed E-state index contributed by atoms with van der Waals surface area (Å²) in [6.07, 6.45) is 0.624. The fraction of sp³-hybridized carbons (Fsp3) is 0.769. The van der Waals surface area contributed by atoms with E-state index >= 15 is 0 Å². The summed E-state index contributed by atoms with van der Waals surface area (Å²) in [7, 11) is 0. The second kappa shape index (κ2) is 6.67. The Morgan fingerprint density at radius 1 is 1.38 bits per heavy atom. The van der Waals surface area contributed by atoms with Crippen LogP contribution < -0.4 is 10.2 Å². The summed E-state index contributed by atoms with van der Waals surface area (Å²) in [5.74, 6) is 0.923. The topological polar surface area (TPSA) is 70.6 Å². The number of nitrogens with one attached hydrogen (secondary N) is 1. The lowest BCUT2D eigenvalue weighted by molar-refractivity contribution is -0.144. The first-order chi connectivity index (χ1) is 10.2. The molecule has 0 aliphatic carbocycles. The molecule has 0 bridgehead atoms. The Hall–Kier alpha value is -1.25. The van der Waals surface area contributed by atoms with E-state index in [1.54, 1.807) is 0 Å². The van der Waals surface area contributed by atoms with Crippen LogP contribution in [0.4, 0.5) is 5.13 Å². The quantitative estimate of drug-likeness (QED) is 0.821. The van der Waals surface area contributed by atoms with E-state index in [4.69, 9.17) is 4.74 Å². The van der Waals surface area contributed by atoms with Gasteiger partial charge in [0.1, 0.15) is 11.9 Å². The highest BCUT2D eigenvalue weighted by Gasteiger charge is 2.28. The van der Waals surface area contributed by atoms with Crippen molar-refractivity contribution in [3.63, 3.8) is 0 Å². The molecule has 116 valence electrons. The Morgan fingerprint density at radius 2 is 2.29 bits per heavy atom. The molecule has 0 radical (unpaired) electrons. The van der Waals surface area contributed by atoms with Gasteiger partial charge < -0.3 is 19.9 Å². The minimum Gasteiger partial charge on any atom is -0.366 e. The minimum absolute atomic E-state index is 0.109. The van der Waals surface area contributed by atoms with Crippen LogP contribution in [0.25, 0.3) is 0 Å². The van der Waals surface area contributed by atoms with Gasteiger partial charge >= 0.3 is 0 Å². The molecule has 3 heterocycles. The van der Waals surface area contributed by atoms with Crippen molar-refractivity contribution >= 4 is 22.6 Å². The van der Waals surface area contributed by atoms with Crippen LogP contribution in [0.1, 0.15) is 12.2 Å². The van der Waals surface area contributed by atoms with E-state index in [0.717, 1.165) is 50.1 Å². The van der Waals surface area contributed by atoms with Gasteiger partial charge in [0.25, 0.3) is 5.91 Å². The molecule has 2 fully saturated rings. The second-order valence-electron chi connectivity index (χ2n) is 5.35. The Balaban J connectivity index is 1.58. The SMILES string of the molecule is Cc1nsc(N2CCCN(C(=O)C3CNCCO3)CC2)n1. The Kier molecular flexibility index (Phi) is 4.67. The van der Waals surface area contributed by atoms with Crippen LogP contribution in [0, 0.1) is 6.92 Å². The molecule has 3 rings (SSSR count).